The van der Waals surface area contributed by atoms with Crippen LogP contribution in [0.1, 0.15) is 5.56 Å². The number of aromatic nitrogens is 2. The van der Waals surface area contributed by atoms with Crippen LogP contribution in [0.5, 0.6) is 0 Å². The lowest BCUT2D eigenvalue weighted by molar-refractivity contribution is 0.584. The van der Waals surface area contributed by atoms with Gasteiger partial charge in [0.2, 0.25) is 0 Å². The van der Waals surface area contributed by atoms with E-state index in [1.807, 2.05) is 25.1 Å². The minimum atomic E-state index is -0.610. The minimum absolute atomic E-state index is 0.424. The summed E-state index contributed by atoms with van der Waals surface area (Å²) in [6.45, 7) is 1.93. The Morgan fingerprint density at radius 2 is 1.67 bits per heavy atom. The van der Waals surface area contributed by atoms with Crippen LogP contribution in [0, 0.1) is 18.6 Å². The second-order valence-corrected chi connectivity index (χ2v) is 4.78. The molecule has 0 amide bonds. The van der Waals surface area contributed by atoms with E-state index in [4.69, 9.17) is 0 Å². The molecule has 0 aliphatic rings. The molecule has 0 saturated carbocycles. The van der Waals surface area contributed by atoms with E-state index in [1.54, 1.807) is 18.6 Å². The Bertz CT molecular complexity index is 766. The number of aryl methyl sites for hydroxylation is 1. The van der Waals surface area contributed by atoms with Crippen molar-refractivity contribution < 1.29 is 8.78 Å². The van der Waals surface area contributed by atoms with Crippen LogP contribution in [0.2, 0.25) is 0 Å². The second-order valence-electron chi connectivity index (χ2n) is 4.78. The molecule has 0 spiro atoms. The highest BCUT2D eigenvalue weighted by atomic mass is 19.1. The summed E-state index contributed by atoms with van der Waals surface area (Å²) < 4.78 is 26.6. The Kier molecular flexibility index (Phi) is 3.44. The maximum atomic E-state index is 13.3. The van der Waals surface area contributed by atoms with E-state index >= 15 is 0 Å². The maximum Gasteiger partial charge on any atom is 0.126 e. The molecule has 0 unspecified atom stereocenters. The smallest absolute Gasteiger partial charge is 0.126 e. The summed E-state index contributed by atoms with van der Waals surface area (Å²) >= 11 is 0. The molecule has 0 fully saturated rings. The average molecular weight is 282 g/mol. The van der Waals surface area contributed by atoms with Gasteiger partial charge in [-0.2, -0.15) is 0 Å². The van der Waals surface area contributed by atoms with Gasteiger partial charge in [-0.3, -0.25) is 9.97 Å². The van der Waals surface area contributed by atoms with E-state index in [0.29, 0.717) is 11.3 Å². The van der Waals surface area contributed by atoms with Crippen LogP contribution >= 0.6 is 0 Å². The molecule has 3 rings (SSSR count). The van der Waals surface area contributed by atoms with Gasteiger partial charge in [-0.25, -0.2) is 8.78 Å². The molecule has 2 aromatic heterocycles. The van der Waals surface area contributed by atoms with E-state index in [1.165, 1.54) is 12.1 Å². The van der Waals surface area contributed by atoms with Gasteiger partial charge in [0.1, 0.15) is 11.6 Å². The molecule has 0 radical (unpaired) electrons. The first-order valence-corrected chi connectivity index (χ1v) is 6.47. The highest BCUT2D eigenvalue weighted by Crippen LogP contribution is 2.26. The third kappa shape index (κ3) is 2.79. The Morgan fingerprint density at radius 1 is 0.905 bits per heavy atom. The fourth-order valence-electron chi connectivity index (χ4n) is 2.24. The van der Waals surface area contributed by atoms with Crippen molar-refractivity contribution in [2.45, 2.75) is 6.92 Å². The Hall–Kier alpha value is -2.62. The number of nitrogens with zero attached hydrogens (tertiary/aromatic N) is 2. The van der Waals surface area contributed by atoms with Gasteiger partial charge in [-0.1, -0.05) is 6.07 Å². The van der Waals surface area contributed by atoms with Gasteiger partial charge in [0.25, 0.3) is 0 Å². The van der Waals surface area contributed by atoms with Crippen LogP contribution in [0.25, 0.3) is 22.4 Å². The van der Waals surface area contributed by atoms with Crippen LogP contribution in [-0.4, -0.2) is 9.97 Å². The second kappa shape index (κ2) is 5.40. The molecule has 0 aliphatic heterocycles. The van der Waals surface area contributed by atoms with Gasteiger partial charge in [0.05, 0.1) is 5.69 Å². The molecule has 0 N–H and O–H groups in total. The van der Waals surface area contributed by atoms with Crippen molar-refractivity contribution in [3.8, 4) is 22.4 Å². The van der Waals surface area contributed by atoms with Crippen LogP contribution in [-0.2, 0) is 0 Å². The Balaban J connectivity index is 2.05. The van der Waals surface area contributed by atoms with Crippen LogP contribution in [0.3, 0.4) is 0 Å². The zero-order valence-electron chi connectivity index (χ0n) is 11.3. The van der Waals surface area contributed by atoms with Gasteiger partial charge >= 0.3 is 0 Å². The summed E-state index contributed by atoms with van der Waals surface area (Å²) in [5, 5.41) is 0. The van der Waals surface area contributed by atoms with Crippen molar-refractivity contribution in [2.75, 3.05) is 0 Å². The number of rotatable bonds is 2. The van der Waals surface area contributed by atoms with E-state index in [9.17, 15) is 8.78 Å². The van der Waals surface area contributed by atoms with E-state index < -0.39 is 11.6 Å². The summed E-state index contributed by atoms with van der Waals surface area (Å²) in [5.74, 6) is -1.22. The van der Waals surface area contributed by atoms with E-state index in [2.05, 4.69) is 9.97 Å². The quantitative estimate of drug-likeness (QED) is 0.696. The molecule has 0 saturated heterocycles. The molecule has 2 heterocycles. The van der Waals surface area contributed by atoms with E-state index in [-0.39, 0.29) is 0 Å². The lowest BCUT2D eigenvalue weighted by Gasteiger charge is -2.08. The van der Waals surface area contributed by atoms with E-state index in [0.717, 1.165) is 22.8 Å². The third-order valence-corrected chi connectivity index (χ3v) is 3.24. The van der Waals surface area contributed by atoms with Crippen molar-refractivity contribution in [3.63, 3.8) is 0 Å². The van der Waals surface area contributed by atoms with Crippen molar-refractivity contribution >= 4 is 0 Å². The van der Waals surface area contributed by atoms with Crippen LogP contribution in [0.15, 0.2) is 55.0 Å². The summed E-state index contributed by atoms with van der Waals surface area (Å²) in [4.78, 5) is 8.39. The number of hydrogen-bond donors (Lipinski definition) is 0. The standard InChI is InChI=1S/C17H12F2N2/c1-11-5-17(13-6-14(18)8-15(19)7-13)21-10-16(11)12-3-2-4-20-9-12/h2-10H,1H3. The van der Waals surface area contributed by atoms with Crippen molar-refractivity contribution in [1.29, 1.82) is 0 Å². The monoisotopic (exact) mass is 282 g/mol. The molecular weight excluding hydrogens is 270 g/mol. The summed E-state index contributed by atoms with van der Waals surface area (Å²) in [7, 11) is 0. The van der Waals surface area contributed by atoms with Gasteiger partial charge < -0.3 is 0 Å². The normalized spacial score (nSPS) is 10.6. The largest absolute Gasteiger partial charge is 0.264 e. The first-order chi connectivity index (χ1) is 10.1. The molecule has 0 bridgehead atoms. The molecule has 104 valence electrons. The topological polar surface area (TPSA) is 25.8 Å². The number of hydrogen-bond acceptors (Lipinski definition) is 2. The van der Waals surface area contributed by atoms with Gasteiger partial charge in [0.15, 0.2) is 0 Å². The van der Waals surface area contributed by atoms with Crippen molar-refractivity contribution in [3.05, 3.63) is 72.2 Å². The maximum absolute atomic E-state index is 13.3. The highest BCUT2D eigenvalue weighted by Gasteiger charge is 2.08. The summed E-state index contributed by atoms with van der Waals surface area (Å²) in [5.41, 5.74) is 3.84. The molecule has 2 nitrogen and oxygen atoms in total. The fraction of sp³-hybridized carbons (Fsp3) is 0.0588. The minimum Gasteiger partial charge on any atom is -0.264 e. The first kappa shape index (κ1) is 13.4. The lowest BCUT2D eigenvalue weighted by Crippen LogP contribution is -1.91. The zero-order valence-corrected chi connectivity index (χ0v) is 11.3. The Labute approximate surface area is 121 Å². The number of benzene rings is 1. The third-order valence-electron chi connectivity index (χ3n) is 3.24. The number of pyridine rings is 2. The summed E-state index contributed by atoms with van der Waals surface area (Å²) in [6, 6.07) is 9.00. The molecular formula is C17H12F2N2. The van der Waals surface area contributed by atoms with Crippen molar-refractivity contribution in [1.82, 2.24) is 9.97 Å². The highest BCUT2D eigenvalue weighted by molar-refractivity contribution is 5.69. The predicted molar refractivity (Wildman–Crippen MR) is 77.6 cm³/mol. The van der Waals surface area contributed by atoms with Crippen molar-refractivity contribution in [2.24, 2.45) is 0 Å². The molecule has 0 aliphatic carbocycles. The number of halogens is 2. The lowest BCUT2D eigenvalue weighted by atomic mass is 10.0. The predicted octanol–water partition coefficient (Wildman–Crippen LogP) is 4.40. The van der Waals surface area contributed by atoms with Crippen LogP contribution in [0.4, 0.5) is 8.78 Å². The van der Waals surface area contributed by atoms with Gasteiger partial charge in [-0.15, -0.1) is 0 Å². The van der Waals surface area contributed by atoms with Crippen LogP contribution < -0.4 is 0 Å². The van der Waals surface area contributed by atoms with Gasteiger partial charge in [0, 0.05) is 41.3 Å². The Morgan fingerprint density at radius 3 is 2.29 bits per heavy atom. The fourth-order valence-corrected chi connectivity index (χ4v) is 2.24. The summed E-state index contributed by atoms with van der Waals surface area (Å²) in [6.07, 6.45) is 5.16. The zero-order chi connectivity index (χ0) is 14.8. The first-order valence-electron chi connectivity index (χ1n) is 6.47. The molecule has 1 aromatic carbocycles. The molecule has 4 heteroatoms. The molecule has 0 atom stereocenters. The van der Waals surface area contributed by atoms with Gasteiger partial charge in [-0.05, 0) is 36.8 Å². The molecule has 21 heavy (non-hydrogen) atoms. The average Bonchev–Trinajstić information content (AvgIpc) is 2.47. The SMILES string of the molecule is Cc1cc(-c2cc(F)cc(F)c2)ncc1-c1cccnc1. The molecule has 3 aromatic rings.